The minimum atomic E-state index is -1.23. The lowest BCUT2D eigenvalue weighted by molar-refractivity contribution is -0.134. The fraction of sp³-hybridized carbons (Fsp3) is 0.543. The van der Waals surface area contributed by atoms with Gasteiger partial charge in [0.05, 0.1) is 18.1 Å². The number of nitrogens with zero attached hydrogens (tertiary/aromatic N) is 1. The molecule has 0 saturated carbocycles. The van der Waals surface area contributed by atoms with Crippen molar-refractivity contribution in [3.8, 4) is 0 Å². The Bertz CT molecular complexity index is 1250. The van der Waals surface area contributed by atoms with Gasteiger partial charge < -0.3 is 26.2 Å². The summed E-state index contributed by atoms with van der Waals surface area (Å²) in [6.45, 7) is 14.6. The van der Waals surface area contributed by atoms with Crippen molar-refractivity contribution >= 4 is 23.8 Å². The Kier molecular flexibility index (Phi) is 13.6. The average molecular weight is 625 g/mol. The molecule has 0 aliphatic heterocycles. The van der Waals surface area contributed by atoms with Gasteiger partial charge in [0, 0.05) is 25.0 Å². The Labute approximate surface area is 268 Å². The van der Waals surface area contributed by atoms with Gasteiger partial charge in [-0.15, -0.1) is 0 Å². The smallest absolute Gasteiger partial charge is 0.408 e. The molecule has 0 spiro atoms. The Balaban J connectivity index is 2.27. The molecular formula is C35H52N4O6. The van der Waals surface area contributed by atoms with E-state index in [0.717, 1.165) is 16.0 Å². The van der Waals surface area contributed by atoms with Gasteiger partial charge in [-0.25, -0.2) is 4.79 Å². The number of nitrogens with one attached hydrogen (secondary N) is 3. The number of hydrogen-bond acceptors (Lipinski definition) is 5. The zero-order valence-electron chi connectivity index (χ0n) is 28.0. The summed E-state index contributed by atoms with van der Waals surface area (Å²) in [4.78, 5) is 53.3. The van der Waals surface area contributed by atoms with Crippen LogP contribution in [0.25, 0.3) is 0 Å². The molecule has 0 saturated heterocycles. The minimum absolute atomic E-state index is 0.0185. The van der Waals surface area contributed by atoms with E-state index in [9.17, 15) is 29.4 Å². The summed E-state index contributed by atoms with van der Waals surface area (Å²) in [5.41, 5.74) is 0.609. The van der Waals surface area contributed by atoms with Crippen molar-refractivity contribution in [1.82, 2.24) is 20.9 Å². The fourth-order valence-corrected chi connectivity index (χ4v) is 5.21. The summed E-state index contributed by atoms with van der Waals surface area (Å²) in [7, 11) is 0. The van der Waals surface area contributed by atoms with Crippen molar-refractivity contribution in [3.05, 3.63) is 71.8 Å². The van der Waals surface area contributed by atoms with E-state index in [-0.39, 0.29) is 43.7 Å². The van der Waals surface area contributed by atoms with E-state index in [0.29, 0.717) is 0 Å². The van der Waals surface area contributed by atoms with E-state index >= 15 is 0 Å². The van der Waals surface area contributed by atoms with Gasteiger partial charge in [0.25, 0.3) is 0 Å². The molecule has 10 nitrogen and oxygen atoms in total. The molecule has 248 valence electrons. The van der Waals surface area contributed by atoms with E-state index in [2.05, 4.69) is 16.0 Å². The van der Waals surface area contributed by atoms with E-state index in [1.807, 2.05) is 90.1 Å². The number of rotatable bonds is 14. The molecule has 4 atom stereocenters. The number of carboxylic acid groups (broad SMARTS) is 1. The van der Waals surface area contributed by atoms with Gasteiger partial charge in [-0.1, -0.05) is 95.3 Å². The van der Waals surface area contributed by atoms with Crippen molar-refractivity contribution in [3.63, 3.8) is 0 Å². The lowest BCUT2D eigenvalue weighted by Crippen LogP contribution is -2.57. The highest BCUT2D eigenvalue weighted by Crippen LogP contribution is 2.29. The van der Waals surface area contributed by atoms with Crippen molar-refractivity contribution in [1.29, 1.82) is 0 Å². The van der Waals surface area contributed by atoms with Gasteiger partial charge >= 0.3 is 6.09 Å². The first-order valence-electron chi connectivity index (χ1n) is 15.5. The first-order valence-corrected chi connectivity index (χ1v) is 15.5. The molecule has 0 aromatic heterocycles. The third-order valence-electron chi connectivity index (χ3n) is 7.52. The summed E-state index contributed by atoms with van der Waals surface area (Å²) >= 11 is 0. The first kappa shape index (κ1) is 37.3. The molecule has 2 rings (SSSR count). The van der Waals surface area contributed by atoms with E-state index in [1.54, 1.807) is 26.0 Å². The van der Waals surface area contributed by atoms with Gasteiger partial charge in [-0.3, -0.25) is 19.3 Å². The van der Waals surface area contributed by atoms with Crippen LogP contribution in [0.15, 0.2) is 60.7 Å². The van der Waals surface area contributed by atoms with Crippen LogP contribution in [0.5, 0.6) is 0 Å². The van der Waals surface area contributed by atoms with Crippen LogP contribution in [0, 0.1) is 17.3 Å². The molecule has 0 aliphatic rings. The highest BCUT2D eigenvalue weighted by molar-refractivity contribution is 5.87. The van der Waals surface area contributed by atoms with Crippen LogP contribution in [-0.4, -0.2) is 69.2 Å². The topological polar surface area (TPSA) is 148 Å². The predicted molar refractivity (Wildman–Crippen MR) is 175 cm³/mol. The van der Waals surface area contributed by atoms with Crippen molar-refractivity contribution in [2.75, 3.05) is 6.54 Å². The van der Waals surface area contributed by atoms with Gasteiger partial charge in [0.2, 0.25) is 17.7 Å². The largest absolute Gasteiger partial charge is 0.465 e. The van der Waals surface area contributed by atoms with E-state index in [4.69, 9.17) is 0 Å². The fourth-order valence-electron chi connectivity index (χ4n) is 5.21. The van der Waals surface area contributed by atoms with Crippen molar-refractivity contribution in [2.24, 2.45) is 17.3 Å². The number of carbonyl (C=O) groups is 4. The predicted octanol–water partition coefficient (Wildman–Crippen LogP) is 4.36. The molecule has 2 aromatic carbocycles. The van der Waals surface area contributed by atoms with E-state index < -0.39 is 47.1 Å². The number of aliphatic hydroxyl groups is 1. The number of aliphatic hydroxyl groups excluding tert-OH is 1. The van der Waals surface area contributed by atoms with Crippen molar-refractivity contribution in [2.45, 2.75) is 98.5 Å². The Hall–Kier alpha value is -3.92. The monoisotopic (exact) mass is 624 g/mol. The lowest BCUT2D eigenvalue weighted by atomic mass is 9.77. The molecule has 0 heterocycles. The Morgan fingerprint density at radius 2 is 1.36 bits per heavy atom. The molecule has 10 heteroatoms. The summed E-state index contributed by atoms with van der Waals surface area (Å²) in [6.07, 6.45) is -2.21. The van der Waals surface area contributed by atoms with Gasteiger partial charge in [-0.2, -0.15) is 0 Å². The highest BCUT2D eigenvalue weighted by Gasteiger charge is 2.37. The third-order valence-corrected chi connectivity index (χ3v) is 7.52. The minimum Gasteiger partial charge on any atom is -0.465 e. The third kappa shape index (κ3) is 12.5. The van der Waals surface area contributed by atoms with Gasteiger partial charge in [0.15, 0.2) is 0 Å². The second kappa shape index (κ2) is 16.4. The highest BCUT2D eigenvalue weighted by atomic mass is 16.4. The zero-order chi connectivity index (χ0) is 33.9. The lowest BCUT2D eigenvalue weighted by Gasteiger charge is -2.34. The molecule has 4 amide bonds. The van der Waals surface area contributed by atoms with E-state index in [1.165, 1.54) is 0 Å². The quantitative estimate of drug-likeness (QED) is 0.211. The molecular weight excluding hydrogens is 572 g/mol. The second-order valence-corrected chi connectivity index (χ2v) is 14.1. The Morgan fingerprint density at radius 3 is 1.82 bits per heavy atom. The molecule has 45 heavy (non-hydrogen) atoms. The maximum Gasteiger partial charge on any atom is 0.408 e. The van der Waals surface area contributed by atoms with Crippen molar-refractivity contribution < 1.29 is 29.4 Å². The molecule has 0 unspecified atom stereocenters. The maximum absolute atomic E-state index is 13.8. The number of hydrogen-bond donors (Lipinski definition) is 5. The summed E-state index contributed by atoms with van der Waals surface area (Å²) in [5.74, 6) is -2.20. The zero-order valence-corrected chi connectivity index (χ0v) is 28.0. The molecule has 0 aliphatic carbocycles. The van der Waals surface area contributed by atoms with Gasteiger partial charge in [0.1, 0.15) is 6.04 Å². The van der Waals surface area contributed by atoms with Crippen LogP contribution in [0.4, 0.5) is 4.79 Å². The number of carbonyl (C=O) groups excluding carboxylic acids is 3. The van der Waals surface area contributed by atoms with Crippen LogP contribution >= 0.6 is 0 Å². The summed E-state index contributed by atoms with van der Waals surface area (Å²) in [6, 6.07) is 16.5. The average Bonchev–Trinajstić information content (AvgIpc) is 2.93. The Morgan fingerprint density at radius 1 is 0.822 bits per heavy atom. The van der Waals surface area contributed by atoms with Crippen LogP contribution < -0.4 is 16.0 Å². The van der Waals surface area contributed by atoms with Gasteiger partial charge in [-0.05, 0) is 49.7 Å². The maximum atomic E-state index is 13.8. The second-order valence-electron chi connectivity index (χ2n) is 14.1. The van der Waals surface area contributed by atoms with Crippen LogP contribution in [0.2, 0.25) is 0 Å². The molecule has 0 fully saturated rings. The number of amides is 4. The summed E-state index contributed by atoms with van der Waals surface area (Å²) < 4.78 is 0. The molecule has 0 radical (unpaired) electrons. The van der Waals surface area contributed by atoms with Crippen LogP contribution in [-0.2, 0) is 27.3 Å². The summed E-state index contributed by atoms with van der Waals surface area (Å²) in [5, 5.41) is 30.0. The number of benzene rings is 2. The molecule has 5 N–H and O–H groups in total. The SMILES string of the molecule is CC(C)[C@@H](C(=O)N[C@@H](Cc1ccccc1)[C@H](O)CNC(=O)[C@@H](CC(=O)NC(C)(C)C)C(C)(C)C)N(Cc1ccccc1)C(=O)O. The first-order chi connectivity index (χ1) is 20.9. The van der Waals surface area contributed by atoms with Crippen LogP contribution in [0.1, 0.15) is 72.9 Å². The van der Waals surface area contributed by atoms with Crippen LogP contribution in [0.3, 0.4) is 0 Å². The standard InChI is InChI=1S/C35H52N4O6/c1-23(2)30(39(33(44)45)22-25-17-13-10-14-18-25)32(43)37-27(19-24-15-11-9-12-16-24)28(40)21-36-31(42)26(34(3,4)5)20-29(41)38-35(6,7)8/h9-18,23,26-28,30,40H,19-22H2,1-8H3,(H,36,42)(H,37,43)(H,38,41)(H,44,45)/t26-,27+,28-,30+/m1/s1. The molecule has 0 bridgehead atoms. The molecule has 2 aromatic rings. The normalized spacial score (nSPS) is 14.5.